The first kappa shape index (κ1) is 18.1. The third-order valence-electron chi connectivity index (χ3n) is 4.24. The molecule has 0 saturated heterocycles. The molecule has 0 aliphatic rings. The number of amides is 1. The number of nitrogens with zero attached hydrogens (tertiary/aromatic N) is 2. The van der Waals surface area contributed by atoms with Gasteiger partial charge in [0.05, 0.1) is 10.2 Å². The SMILES string of the molecule is CCn1c(=NC(=O)c2ccc(Oc3ccccc3)cc2)sc2cc(F)ccc21. The number of benzene rings is 3. The van der Waals surface area contributed by atoms with Gasteiger partial charge in [0.1, 0.15) is 17.3 Å². The zero-order chi connectivity index (χ0) is 19.5. The fourth-order valence-corrected chi connectivity index (χ4v) is 4.00. The van der Waals surface area contributed by atoms with Crippen LogP contribution in [0.5, 0.6) is 11.5 Å². The number of thiazole rings is 1. The van der Waals surface area contributed by atoms with Gasteiger partial charge >= 0.3 is 0 Å². The van der Waals surface area contributed by atoms with Crippen LogP contribution < -0.4 is 9.54 Å². The van der Waals surface area contributed by atoms with E-state index in [2.05, 4.69) is 4.99 Å². The Hall–Kier alpha value is -3.25. The molecule has 3 aromatic carbocycles. The lowest BCUT2D eigenvalue weighted by atomic mass is 10.2. The number of hydrogen-bond acceptors (Lipinski definition) is 3. The highest BCUT2D eigenvalue weighted by molar-refractivity contribution is 7.16. The summed E-state index contributed by atoms with van der Waals surface area (Å²) in [4.78, 5) is 17.4. The first-order valence-electron chi connectivity index (χ1n) is 8.85. The van der Waals surface area contributed by atoms with E-state index in [1.54, 1.807) is 30.3 Å². The highest BCUT2D eigenvalue weighted by atomic mass is 32.1. The van der Waals surface area contributed by atoms with Crippen LogP contribution in [0.25, 0.3) is 10.2 Å². The maximum Gasteiger partial charge on any atom is 0.279 e. The summed E-state index contributed by atoms with van der Waals surface area (Å²) in [7, 11) is 0. The molecule has 1 amide bonds. The molecular weight excluding hydrogens is 375 g/mol. The average Bonchev–Trinajstić information content (AvgIpc) is 3.05. The largest absolute Gasteiger partial charge is 0.457 e. The Morgan fingerprint density at radius 3 is 2.46 bits per heavy atom. The summed E-state index contributed by atoms with van der Waals surface area (Å²) in [6, 6.07) is 20.9. The van der Waals surface area contributed by atoms with Gasteiger partial charge in [0, 0.05) is 12.1 Å². The molecular formula is C22H17FN2O2S. The first-order chi connectivity index (χ1) is 13.6. The maximum atomic E-state index is 13.5. The van der Waals surface area contributed by atoms with Crippen molar-refractivity contribution in [1.82, 2.24) is 4.57 Å². The van der Waals surface area contributed by atoms with Gasteiger partial charge in [-0.05, 0) is 61.5 Å². The predicted molar refractivity (Wildman–Crippen MR) is 108 cm³/mol. The molecule has 1 heterocycles. The molecule has 0 aliphatic heterocycles. The fourth-order valence-electron chi connectivity index (χ4n) is 2.88. The second-order valence-electron chi connectivity index (χ2n) is 6.10. The second-order valence-corrected chi connectivity index (χ2v) is 7.11. The number of aryl methyl sites for hydroxylation is 1. The minimum atomic E-state index is -0.347. The molecule has 0 radical (unpaired) electrons. The van der Waals surface area contributed by atoms with Gasteiger partial charge in [-0.2, -0.15) is 4.99 Å². The molecule has 0 unspecified atom stereocenters. The predicted octanol–water partition coefficient (Wildman–Crippen LogP) is 5.40. The van der Waals surface area contributed by atoms with E-state index in [1.807, 2.05) is 41.8 Å². The number of para-hydroxylation sites is 1. The minimum Gasteiger partial charge on any atom is -0.457 e. The molecule has 0 N–H and O–H groups in total. The van der Waals surface area contributed by atoms with Crippen molar-refractivity contribution in [2.24, 2.45) is 4.99 Å². The monoisotopic (exact) mass is 392 g/mol. The molecule has 28 heavy (non-hydrogen) atoms. The highest BCUT2D eigenvalue weighted by Crippen LogP contribution is 2.22. The molecule has 4 aromatic rings. The van der Waals surface area contributed by atoms with Crippen LogP contribution in [0.1, 0.15) is 17.3 Å². The summed E-state index contributed by atoms with van der Waals surface area (Å²) in [5.74, 6) is 0.723. The van der Waals surface area contributed by atoms with Gasteiger partial charge in [0.15, 0.2) is 4.80 Å². The number of carbonyl (C=O) groups is 1. The summed E-state index contributed by atoms with van der Waals surface area (Å²) in [6.45, 7) is 2.61. The quantitative estimate of drug-likeness (QED) is 0.467. The van der Waals surface area contributed by atoms with E-state index in [0.717, 1.165) is 16.0 Å². The van der Waals surface area contributed by atoms with Gasteiger partial charge in [0.25, 0.3) is 5.91 Å². The molecule has 0 spiro atoms. The normalized spacial score (nSPS) is 11.7. The molecule has 4 rings (SSSR count). The average molecular weight is 392 g/mol. The van der Waals surface area contributed by atoms with Gasteiger partial charge in [-0.1, -0.05) is 29.5 Å². The van der Waals surface area contributed by atoms with Crippen LogP contribution in [-0.4, -0.2) is 10.5 Å². The molecule has 1 aromatic heterocycles. The van der Waals surface area contributed by atoms with Gasteiger partial charge in [-0.25, -0.2) is 4.39 Å². The van der Waals surface area contributed by atoms with Crippen molar-refractivity contribution < 1.29 is 13.9 Å². The van der Waals surface area contributed by atoms with Gasteiger partial charge in [-0.3, -0.25) is 4.79 Å². The Labute approximate surface area is 165 Å². The number of fused-ring (bicyclic) bond motifs is 1. The molecule has 0 fully saturated rings. The van der Waals surface area contributed by atoms with Crippen LogP contribution >= 0.6 is 11.3 Å². The third kappa shape index (κ3) is 3.73. The zero-order valence-corrected chi connectivity index (χ0v) is 15.9. The summed E-state index contributed by atoms with van der Waals surface area (Å²) < 4.78 is 21.9. The van der Waals surface area contributed by atoms with Crippen molar-refractivity contribution in [3.8, 4) is 11.5 Å². The summed E-state index contributed by atoms with van der Waals surface area (Å²) in [5, 5.41) is 0. The fraction of sp³-hybridized carbons (Fsp3) is 0.0909. The molecule has 140 valence electrons. The number of ether oxygens (including phenoxy) is 1. The number of aromatic nitrogens is 1. The van der Waals surface area contributed by atoms with Crippen LogP contribution in [-0.2, 0) is 6.54 Å². The standard InChI is InChI=1S/C22H17FN2O2S/c1-2-25-19-13-10-16(23)14-20(19)28-22(25)24-21(26)15-8-11-18(12-9-15)27-17-6-4-3-5-7-17/h3-14H,2H2,1H3. The number of rotatable bonds is 4. The molecule has 0 saturated carbocycles. The minimum absolute atomic E-state index is 0.302. The topological polar surface area (TPSA) is 43.6 Å². The van der Waals surface area contributed by atoms with Crippen LogP contribution in [0.4, 0.5) is 4.39 Å². The Morgan fingerprint density at radius 2 is 1.75 bits per heavy atom. The lowest BCUT2D eigenvalue weighted by Gasteiger charge is -2.05. The lowest BCUT2D eigenvalue weighted by molar-refractivity contribution is 0.0998. The van der Waals surface area contributed by atoms with Gasteiger partial charge in [0.2, 0.25) is 0 Å². The number of carbonyl (C=O) groups excluding carboxylic acids is 1. The van der Waals surface area contributed by atoms with Crippen LogP contribution in [0, 0.1) is 5.82 Å². The van der Waals surface area contributed by atoms with Crippen molar-refractivity contribution in [3.05, 3.63) is 89.0 Å². The number of hydrogen-bond donors (Lipinski definition) is 0. The van der Waals surface area contributed by atoms with E-state index >= 15 is 0 Å². The van der Waals surface area contributed by atoms with E-state index in [9.17, 15) is 9.18 Å². The van der Waals surface area contributed by atoms with Crippen molar-refractivity contribution in [1.29, 1.82) is 0 Å². The summed E-state index contributed by atoms with van der Waals surface area (Å²) in [5.41, 5.74) is 1.33. The smallest absolute Gasteiger partial charge is 0.279 e. The highest BCUT2D eigenvalue weighted by Gasteiger charge is 2.09. The van der Waals surface area contributed by atoms with Gasteiger partial charge in [-0.15, -0.1) is 0 Å². The first-order valence-corrected chi connectivity index (χ1v) is 9.66. The molecule has 4 nitrogen and oxygen atoms in total. The van der Waals surface area contributed by atoms with Crippen LogP contribution in [0.3, 0.4) is 0 Å². The maximum absolute atomic E-state index is 13.5. The molecule has 6 heteroatoms. The summed E-state index contributed by atoms with van der Waals surface area (Å²) >= 11 is 1.30. The van der Waals surface area contributed by atoms with E-state index < -0.39 is 0 Å². The Bertz CT molecular complexity index is 1190. The van der Waals surface area contributed by atoms with E-state index in [4.69, 9.17) is 4.74 Å². The van der Waals surface area contributed by atoms with Crippen LogP contribution in [0.2, 0.25) is 0 Å². The number of halogens is 1. The van der Waals surface area contributed by atoms with Crippen LogP contribution in [0.15, 0.2) is 77.8 Å². The van der Waals surface area contributed by atoms with E-state index in [-0.39, 0.29) is 11.7 Å². The third-order valence-corrected chi connectivity index (χ3v) is 5.28. The molecule has 0 atom stereocenters. The van der Waals surface area contributed by atoms with E-state index in [0.29, 0.717) is 22.7 Å². The van der Waals surface area contributed by atoms with Crippen molar-refractivity contribution in [2.45, 2.75) is 13.5 Å². The summed E-state index contributed by atoms with van der Waals surface area (Å²) in [6.07, 6.45) is 0. The molecule has 0 aliphatic carbocycles. The van der Waals surface area contributed by atoms with E-state index in [1.165, 1.54) is 23.5 Å². The van der Waals surface area contributed by atoms with Crippen molar-refractivity contribution in [3.63, 3.8) is 0 Å². The zero-order valence-electron chi connectivity index (χ0n) is 15.1. The molecule has 0 bridgehead atoms. The Kier molecular flexibility index (Phi) is 5.04. The Balaban J connectivity index is 1.62. The second kappa shape index (κ2) is 7.78. The Morgan fingerprint density at radius 1 is 1.04 bits per heavy atom. The van der Waals surface area contributed by atoms with Crippen molar-refractivity contribution >= 4 is 27.5 Å². The van der Waals surface area contributed by atoms with Crippen molar-refractivity contribution in [2.75, 3.05) is 0 Å². The lowest BCUT2D eigenvalue weighted by Crippen LogP contribution is -2.15. The van der Waals surface area contributed by atoms with Gasteiger partial charge < -0.3 is 9.30 Å².